The number of allylic oxidation sites excluding steroid dienone is 1. The van der Waals surface area contributed by atoms with Crippen molar-refractivity contribution in [2.24, 2.45) is 0 Å². The number of thiocarbonyl (C=S) groups is 1. The summed E-state index contributed by atoms with van der Waals surface area (Å²) in [5, 5.41) is 8.49. The van der Waals surface area contributed by atoms with Gasteiger partial charge in [-0.05, 0) is 68.2 Å². The van der Waals surface area contributed by atoms with Crippen LogP contribution in [-0.2, 0) is 0 Å². The normalized spacial score (nSPS) is 16.3. The number of aryl methyl sites for hydroxylation is 2. The highest BCUT2D eigenvalue weighted by molar-refractivity contribution is 7.80. The summed E-state index contributed by atoms with van der Waals surface area (Å²) in [5.41, 5.74) is 6.40. The van der Waals surface area contributed by atoms with E-state index < -0.39 is 0 Å². The molecule has 2 aromatic carbocycles. The molecule has 3 aromatic rings. The maximum Gasteiger partial charge on any atom is 0.258 e. The Balaban J connectivity index is 1.82. The highest BCUT2D eigenvalue weighted by Gasteiger charge is 2.33. The molecule has 32 heavy (non-hydrogen) atoms. The van der Waals surface area contributed by atoms with Crippen LogP contribution in [0.4, 0.5) is 0 Å². The van der Waals surface area contributed by atoms with E-state index in [1.165, 1.54) is 11.1 Å². The minimum atomic E-state index is -0.173. The van der Waals surface area contributed by atoms with Gasteiger partial charge in [0.2, 0.25) is 5.82 Å². The number of hydrogen-bond acceptors (Lipinski definition) is 5. The molecule has 1 N–H and O–H groups in total. The molecule has 4 rings (SSSR count). The van der Waals surface area contributed by atoms with Crippen LogP contribution in [0, 0.1) is 13.8 Å². The van der Waals surface area contributed by atoms with Crippen LogP contribution in [0.15, 0.2) is 52.7 Å². The van der Waals surface area contributed by atoms with Gasteiger partial charge in [-0.15, -0.1) is 0 Å². The summed E-state index contributed by atoms with van der Waals surface area (Å²) in [7, 11) is 1.64. The van der Waals surface area contributed by atoms with E-state index in [4.69, 9.17) is 26.5 Å². The van der Waals surface area contributed by atoms with Crippen LogP contribution in [0.5, 0.6) is 5.75 Å². The quantitative estimate of drug-likeness (QED) is 0.504. The van der Waals surface area contributed by atoms with Gasteiger partial charge < -0.3 is 19.5 Å². The lowest BCUT2D eigenvalue weighted by Crippen LogP contribution is -2.46. The molecule has 1 aliphatic rings. The van der Waals surface area contributed by atoms with Crippen molar-refractivity contribution in [3.63, 3.8) is 0 Å². The van der Waals surface area contributed by atoms with E-state index >= 15 is 0 Å². The number of methoxy groups -OCH3 is 1. The summed E-state index contributed by atoms with van der Waals surface area (Å²) in [6.45, 7) is 9.26. The van der Waals surface area contributed by atoms with Gasteiger partial charge in [0.15, 0.2) is 5.11 Å². The molecule has 7 heteroatoms. The van der Waals surface area contributed by atoms with Gasteiger partial charge in [0.1, 0.15) is 5.75 Å². The van der Waals surface area contributed by atoms with Crippen LogP contribution in [0.1, 0.15) is 48.9 Å². The molecule has 1 atom stereocenters. The third kappa shape index (κ3) is 4.12. The van der Waals surface area contributed by atoms with Gasteiger partial charge in [-0.1, -0.05) is 42.4 Å². The molecule has 0 spiro atoms. The highest BCUT2D eigenvalue weighted by Crippen LogP contribution is 2.38. The molecule has 6 nitrogen and oxygen atoms in total. The average molecular weight is 449 g/mol. The number of nitrogens with one attached hydrogen (secondary N) is 1. The van der Waals surface area contributed by atoms with Crippen molar-refractivity contribution >= 4 is 22.9 Å². The van der Waals surface area contributed by atoms with Gasteiger partial charge in [-0.2, -0.15) is 4.98 Å². The smallest absolute Gasteiger partial charge is 0.258 e. The Hall–Kier alpha value is -3.19. The second-order valence-corrected chi connectivity index (χ2v) is 8.42. The Bertz CT molecular complexity index is 1180. The van der Waals surface area contributed by atoms with Gasteiger partial charge in [0.05, 0.1) is 18.7 Å². The molecule has 1 aliphatic heterocycles. The third-order valence-electron chi connectivity index (χ3n) is 5.89. The van der Waals surface area contributed by atoms with Gasteiger partial charge in [-0.25, -0.2) is 0 Å². The second-order valence-electron chi connectivity index (χ2n) is 8.03. The predicted molar refractivity (Wildman–Crippen MR) is 130 cm³/mol. The number of rotatable bonds is 6. The Labute approximate surface area is 194 Å². The second kappa shape index (κ2) is 9.12. The minimum absolute atomic E-state index is 0.173. The fourth-order valence-electron chi connectivity index (χ4n) is 3.96. The Morgan fingerprint density at radius 1 is 1.12 bits per heavy atom. The summed E-state index contributed by atoms with van der Waals surface area (Å²) >= 11 is 5.72. The van der Waals surface area contributed by atoms with Crippen LogP contribution >= 0.6 is 12.2 Å². The number of nitrogens with zero attached hydrogens (tertiary/aromatic N) is 3. The van der Waals surface area contributed by atoms with Crippen LogP contribution in [0.3, 0.4) is 0 Å². The molecule has 2 heterocycles. The summed E-state index contributed by atoms with van der Waals surface area (Å²) in [4.78, 5) is 6.87. The van der Waals surface area contributed by atoms with Crippen molar-refractivity contribution < 1.29 is 9.26 Å². The molecule has 0 saturated carbocycles. The Morgan fingerprint density at radius 2 is 1.94 bits per heavy atom. The predicted octanol–water partition coefficient (Wildman–Crippen LogP) is 5.43. The molecule has 0 amide bonds. The molecular formula is C25H28N4O2S. The minimum Gasteiger partial charge on any atom is -0.497 e. The fraction of sp³-hybridized carbons (Fsp3) is 0.320. The first kappa shape index (κ1) is 22.0. The van der Waals surface area contributed by atoms with Gasteiger partial charge >= 0.3 is 0 Å². The zero-order chi connectivity index (χ0) is 22.8. The zero-order valence-corrected chi connectivity index (χ0v) is 19.9. The van der Waals surface area contributed by atoms with Crippen LogP contribution in [0.2, 0.25) is 0 Å². The van der Waals surface area contributed by atoms with E-state index in [9.17, 15) is 0 Å². The maximum absolute atomic E-state index is 5.80. The van der Waals surface area contributed by atoms with Gasteiger partial charge in [0.25, 0.3) is 5.89 Å². The molecule has 0 aliphatic carbocycles. The third-order valence-corrected chi connectivity index (χ3v) is 6.23. The zero-order valence-electron chi connectivity index (χ0n) is 19.1. The number of benzene rings is 2. The molecule has 1 aromatic heterocycles. The molecule has 1 unspecified atom stereocenters. The largest absolute Gasteiger partial charge is 0.497 e. The summed E-state index contributed by atoms with van der Waals surface area (Å²) in [6.07, 6.45) is 0.972. The molecule has 0 saturated heterocycles. The van der Waals surface area contributed by atoms with Gasteiger partial charge in [0, 0.05) is 17.8 Å². The number of aromatic nitrogens is 2. The number of ether oxygens (including phenoxy) is 1. The van der Waals surface area contributed by atoms with E-state index in [1.54, 1.807) is 7.11 Å². The standard InChI is InChI=1S/C25H28N4O2S/c1-6-12-29-17(4)21(22(26-25(29)32)18-11-10-15(2)16(3)13-18)24-27-23(28-31-24)19-8-7-9-20(14-19)30-5/h7-11,13-14,22H,6,12H2,1-5H3,(H,26,32). The molecule has 0 fully saturated rings. The average Bonchev–Trinajstić information content (AvgIpc) is 3.28. The van der Waals surface area contributed by atoms with Crippen molar-refractivity contribution in [3.05, 3.63) is 70.7 Å². The van der Waals surface area contributed by atoms with E-state index in [2.05, 4.69) is 61.3 Å². The van der Waals surface area contributed by atoms with E-state index in [-0.39, 0.29) is 6.04 Å². The Kier molecular flexibility index (Phi) is 6.28. The lowest BCUT2D eigenvalue weighted by molar-refractivity contribution is 0.396. The first-order chi connectivity index (χ1) is 15.4. The lowest BCUT2D eigenvalue weighted by Gasteiger charge is -2.37. The summed E-state index contributed by atoms with van der Waals surface area (Å²) in [6, 6.07) is 13.9. The van der Waals surface area contributed by atoms with E-state index in [1.807, 2.05) is 24.3 Å². The van der Waals surface area contributed by atoms with E-state index in [0.29, 0.717) is 16.8 Å². The fourth-order valence-corrected chi connectivity index (χ4v) is 4.30. The van der Waals surface area contributed by atoms with Crippen LogP contribution < -0.4 is 10.1 Å². The van der Waals surface area contributed by atoms with Crippen molar-refractivity contribution in [1.29, 1.82) is 0 Å². The molecular weight excluding hydrogens is 420 g/mol. The van der Waals surface area contributed by atoms with Gasteiger partial charge in [-0.3, -0.25) is 0 Å². The monoisotopic (exact) mass is 448 g/mol. The van der Waals surface area contributed by atoms with Crippen molar-refractivity contribution in [2.45, 2.75) is 40.2 Å². The van der Waals surface area contributed by atoms with Crippen LogP contribution in [-0.4, -0.2) is 33.8 Å². The number of hydrogen-bond donors (Lipinski definition) is 1. The summed E-state index contributed by atoms with van der Waals surface area (Å²) in [5.74, 6) is 1.75. The SMILES string of the molecule is CCCN1C(=S)NC(c2ccc(C)c(C)c2)C(c2nc(-c3cccc(OC)c3)no2)=C1C. The van der Waals surface area contributed by atoms with E-state index in [0.717, 1.165) is 41.1 Å². The topological polar surface area (TPSA) is 63.4 Å². The maximum atomic E-state index is 5.80. The van der Waals surface area contributed by atoms with Crippen LogP contribution in [0.25, 0.3) is 17.0 Å². The van der Waals surface area contributed by atoms with Crippen molar-refractivity contribution in [3.8, 4) is 17.1 Å². The van der Waals surface area contributed by atoms with Crippen molar-refractivity contribution in [2.75, 3.05) is 13.7 Å². The lowest BCUT2D eigenvalue weighted by atomic mass is 9.92. The molecule has 0 bridgehead atoms. The van der Waals surface area contributed by atoms with Crippen molar-refractivity contribution in [1.82, 2.24) is 20.4 Å². The summed E-state index contributed by atoms with van der Waals surface area (Å²) < 4.78 is 11.1. The molecule has 166 valence electrons. The Morgan fingerprint density at radius 3 is 2.66 bits per heavy atom. The first-order valence-electron chi connectivity index (χ1n) is 10.8. The highest BCUT2D eigenvalue weighted by atomic mass is 32.1. The first-order valence-corrected chi connectivity index (χ1v) is 11.2. The molecule has 0 radical (unpaired) electrons.